The van der Waals surface area contributed by atoms with Crippen LogP contribution in [-0.2, 0) is 19.3 Å². The van der Waals surface area contributed by atoms with Gasteiger partial charge in [0.25, 0.3) is 0 Å². The predicted molar refractivity (Wildman–Crippen MR) is 117 cm³/mol. The van der Waals surface area contributed by atoms with Crippen LogP contribution < -0.4 is 9.47 Å². The summed E-state index contributed by atoms with van der Waals surface area (Å²) in [6, 6.07) is 3.40. The number of halogens is 1. The fourth-order valence-corrected chi connectivity index (χ4v) is 4.31. The number of carbonyl (C=O) groups is 1. The maximum Gasteiger partial charge on any atom is 0.410 e. The van der Waals surface area contributed by atoms with Gasteiger partial charge in [0.05, 0.1) is 23.7 Å². The van der Waals surface area contributed by atoms with Crippen LogP contribution >= 0.6 is 0 Å². The summed E-state index contributed by atoms with van der Waals surface area (Å²) in [6.07, 6.45) is 3.45. The Bertz CT molecular complexity index is 1150. The number of hydrogen-bond donors (Lipinski definition) is 0. The van der Waals surface area contributed by atoms with Gasteiger partial charge >= 0.3 is 6.09 Å². The van der Waals surface area contributed by atoms with Gasteiger partial charge < -0.3 is 23.8 Å². The highest BCUT2D eigenvalue weighted by Crippen LogP contribution is 2.31. The second kappa shape index (κ2) is 10.1. The summed E-state index contributed by atoms with van der Waals surface area (Å²) >= 11 is 0. The van der Waals surface area contributed by atoms with Crippen molar-refractivity contribution in [2.24, 2.45) is 0 Å². The minimum absolute atomic E-state index is 0.0933. The first kappa shape index (κ1) is 24.1. The molecule has 3 heterocycles. The third kappa shape index (κ3) is 5.73. The van der Waals surface area contributed by atoms with E-state index in [1.54, 1.807) is 11.8 Å². The predicted octanol–water partition coefficient (Wildman–Crippen LogP) is 2.89. The van der Waals surface area contributed by atoms with Gasteiger partial charge in [-0.25, -0.2) is 27.6 Å². The van der Waals surface area contributed by atoms with Crippen molar-refractivity contribution >= 4 is 15.9 Å². The molecule has 4 rings (SSSR count). The zero-order chi connectivity index (χ0) is 24.3. The van der Waals surface area contributed by atoms with Gasteiger partial charge in [0.1, 0.15) is 18.5 Å². The topological polar surface area (TPSA) is 117 Å². The number of benzene rings is 1. The number of piperidine rings is 1. The molecule has 0 saturated carbocycles. The number of likely N-dealkylation sites (tertiary alicyclic amines) is 1. The number of rotatable bonds is 6. The lowest BCUT2D eigenvalue weighted by Gasteiger charge is -2.32. The molecule has 0 N–H and O–H groups in total. The molecular formula is C22H26FN3O7S. The van der Waals surface area contributed by atoms with Crippen LogP contribution in [0.15, 0.2) is 29.4 Å². The highest BCUT2D eigenvalue weighted by Gasteiger charge is 2.29. The molecule has 1 atom stereocenters. The Hall–Kier alpha value is -2.99. The zero-order valence-electron chi connectivity index (χ0n) is 18.9. The summed E-state index contributed by atoms with van der Waals surface area (Å²) in [7, 11) is -3.54. The van der Waals surface area contributed by atoms with E-state index < -0.39 is 15.7 Å². The third-order valence-electron chi connectivity index (χ3n) is 5.66. The second-order valence-corrected chi connectivity index (χ2v) is 10.3. The molecule has 184 valence electrons. The van der Waals surface area contributed by atoms with Crippen molar-refractivity contribution in [1.82, 2.24) is 14.9 Å². The summed E-state index contributed by atoms with van der Waals surface area (Å²) in [4.78, 5) is 22.0. The zero-order valence-corrected chi connectivity index (χ0v) is 19.7. The maximum absolute atomic E-state index is 14.4. The van der Waals surface area contributed by atoms with Gasteiger partial charge in [-0.05, 0) is 25.1 Å². The Labute approximate surface area is 196 Å². The van der Waals surface area contributed by atoms with E-state index in [1.165, 1.54) is 18.5 Å². The molecule has 2 aromatic rings. The van der Waals surface area contributed by atoms with E-state index in [4.69, 9.17) is 18.9 Å². The van der Waals surface area contributed by atoms with E-state index in [-0.39, 0.29) is 34.8 Å². The van der Waals surface area contributed by atoms with E-state index in [0.717, 1.165) is 12.3 Å². The van der Waals surface area contributed by atoms with E-state index >= 15 is 0 Å². The fourth-order valence-electron chi connectivity index (χ4n) is 3.68. The van der Waals surface area contributed by atoms with Crippen LogP contribution in [0.5, 0.6) is 17.5 Å². The number of nitrogens with zero attached hydrogens (tertiary/aromatic N) is 3. The van der Waals surface area contributed by atoms with E-state index in [2.05, 4.69) is 9.97 Å². The van der Waals surface area contributed by atoms with Crippen LogP contribution in [-0.4, -0.2) is 74.1 Å². The van der Waals surface area contributed by atoms with Crippen molar-refractivity contribution in [3.05, 3.63) is 35.9 Å². The second-order valence-electron chi connectivity index (χ2n) is 8.25. The smallest absolute Gasteiger partial charge is 0.410 e. The molecule has 2 aliphatic rings. The van der Waals surface area contributed by atoms with Crippen molar-refractivity contribution in [3.8, 4) is 17.5 Å². The number of ether oxygens (including phenoxy) is 4. The summed E-state index contributed by atoms with van der Waals surface area (Å²) in [5, 5.41) is 0. The molecular weight excluding hydrogens is 469 g/mol. The molecule has 2 aliphatic heterocycles. The Kier molecular flexibility index (Phi) is 7.17. The fraction of sp³-hybridized carbons (Fsp3) is 0.500. The lowest BCUT2D eigenvalue weighted by Crippen LogP contribution is -2.43. The summed E-state index contributed by atoms with van der Waals surface area (Å²) < 4.78 is 59.9. The molecule has 1 aromatic carbocycles. The van der Waals surface area contributed by atoms with Gasteiger partial charge in [0, 0.05) is 38.6 Å². The molecule has 10 nitrogen and oxygen atoms in total. The Morgan fingerprint density at radius 3 is 2.53 bits per heavy atom. The van der Waals surface area contributed by atoms with E-state index in [1.807, 2.05) is 0 Å². The number of sulfone groups is 1. The first-order chi connectivity index (χ1) is 16.2. The van der Waals surface area contributed by atoms with Crippen LogP contribution in [0.3, 0.4) is 0 Å². The molecule has 2 fully saturated rings. The molecule has 1 aromatic heterocycles. The van der Waals surface area contributed by atoms with Crippen molar-refractivity contribution in [1.29, 1.82) is 0 Å². The van der Waals surface area contributed by atoms with Crippen molar-refractivity contribution in [2.75, 3.05) is 32.6 Å². The van der Waals surface area contributed by atoms with Crippen LogP contribution in [0.1, 0.15) is 24.8 Å². The Morgan fingerprint density at radius 2 is 1.88 bits per heavy atom. The minimum atomic E-state index is -3.54. The van der Waals surface area contributed by atoms with Gasteiger partial charge in [0.2, 0.25) is 11.8 Å². The average Bonchev–Trinajstić information content (AvgIpc) is 3.30. The van der Waals surface area contributed by atoms with Gasteiger partial charge in [-0.3, -0.25) is 0 Å². The first-order valence-corrected chi connectivity index (χ1v) is 12.8. The van der Waals surface area contributed by atoms with Gasteiger partial charge in [-0.2, -0.15) is 0 Å². The molecule has 0 radical (unpaired) electrons. The molecule has 0 aliphatic carbocycles. The molecule has 0 spiro atoms. The number of aromatic nitrogens is 2. The Balaban J connectivity index is 1.36. The van der Waals surface area contributed by atoms with Crippen molar-refractivity contribution in [3.63, 3.8) is 0 Å². The average molecular weight is 496 g/mol. The molecule has 1 unspecified atom stereocenters. The monoisotopic (exact) mass is 495 g/mol. The van der Waals surface area contributed by atoms with Crippen LogP contribution in [0.2, 0.25) is 0 Å². The summed E-state index contributed by atoms with van der Waals surface area (Å²) in [5.74, 6) is -0.607. The van der Waals surface area contributed by atoms with Gasteiger partial charge in [0.15, 0.2) is 21.4 Å². The summed E-state index contributed by atoms with van der Waals surface area (Å²) in [6.45, 7) is 3.71. The van der Waals surface area contributed by atoms with Crippen molar-refractivity contribution < 1.29 is 36.6 Å². The summed E-state index contributed by atoms with van der Waals surface area (Å²) in [5.41, 5.74) is 0.470. The van der Waals surface area contributed by atoms with Crippen molar-refractivity contribution in [2.45, 2.75) is 43.3 Å². The number of carbonyl (C=O) groups excluding carboxylic acids is 1. The maximum atomic E-state index is 14.4. The number of hydrogen-bond acceptors (Lipinski definition) is 9. The SMILES string of the molecule is Cc1c(Oc2ccc(S(C)(=O)=O)cc2F)ncnc1OC1CCN(C(=O)OC2CCOC2)CC1. The first-order valence-electron chi connectivity index (χ1n) is 10.9. The van der Waals surface area contributed by atoms with Crippen LogP contribution in [0, 0.1) is 12.7 Å². The normalized spacial score (nSPS) is 19.1. The highest BCUT2D eigenvalue weighted by atomic mass is 32.2. The molecule has 1 amide bonds. The lowest BCUT2D eigenvalue weighted by molar-refractivity contribution is 0.0365. The largest absolute Gasteiger partial charge is 0.474 e. The number of amides is 1. The molecule has 34 heavy (non-hydrogen) atoms. The standard InChI is InChI=1S/C22H26FN3O7S/c1-14-20(31-15-5-8-26(9-6-15)22(27)32-16-7-10-30-12-16)24-13-25-21(14)33-19-4-3-17(11-18(19)23)34(2,28)29/h3-4,11,13,15-16H,5-10,12H2,1-2H3. The van der Waals surface area contributed by atoms with Crippen LogP contribution in [0.25, 0.3) is 0 Å². The van der Waals surface area contributed by atoms with Crippen LogP contribution in [0.4, 0.5) is 9.18 Å². The molecule has 12 heteroatoms. The minimum Gasteiger partial charge on any atom is -0.474 e. The molecule has 0 bridgehead atoms. The molecule has 2 saturated heterocycles. The van der Waals surface area contributed by atoms with Gasteiger partial charge in [-0.15, -0.1) is 0 Å². The van der Waals surface area contributed by atoms with E-state index in [9.17, 15) is 17.6 Å². The third-order valence-corrected chi connectivity index (χ3v) is 6.77. The Morgan fingerprint density at radius 1 is 1.15 bits per heavy atom. The highest BCUT2D eigenvalue weighted by molar-refractivity contribution is 7.90. The quantitative estimate of drug-likeness (QED) is 0.596. The van der Waals surface area contributed by atoms with Gasteiger partial charge in [-0.1, -0.05) is 0 Å². The van der Waals surface area contributed by atoms with E-state index in [0.29, 0.717) is 57.0 Å². The lowest BCUT2D eigenvalue weighted by atomic mass is 10.1.